The summed E-state index contributed by atoms with van der Waals surface area (Å²) >= 11 is 0. The van der Waals surface area contributed by atoms with Crippen LogP contribution in [0.5, 0.6) is 5.88 Å². The lowest BCUT2D eigenvalue weighted by Crippen LogP contribution is -2.12. The Morgan fingerprint density at radius 3 is 2.57 bits per heavy atom. The van der Waals surface area contributed by atoms with Crippen LogP contribution in [0, 0.1) is 0 Å². The van der Waals surface area contributed by atoms with E-state index in [0.29, 0.717) is 17.1 Å². The van der Waals surface area contributed by atoms with Gasteiger partial charge in [0.1, 0.15) is 0 Å². The molecular formula is C14H14N2O4S. The van der Waals surface area contributed by atoms with Crippen LogP contribution in [0.15, 0.2) is 47.5 Å². The highest BCUT2D eigenvalue weighted by molar-refractivity contribution is 7.90. The number of anilines is 1. The van der Waals surface area contributed by atoms with Gasteiger partial charge < -0.3 is 10.1 Å². The fraction of sp³-hybridized carbons (Fsp3) is 0.143. The van der Waals surface area contributed by atoms with Gasteiger partial charge in [0.2, 0.25) is 5.88 Å². The lowest BCUT2D eigenvalue weighted by atomic mass is 10.2. The Hall–Kier alpha value is -2.41. The number of sulfone groups is 1. The van der Waals surface area contributed by atoms with Crippen molar-refractivity contribution in [1.82, 2.24) is 4.98 Å². The molecule has 2 rings (SSSR count). The van der Waals surface area contributed by atoms with Gasteiger partial charge in [-0.2, -0.15) is 0 Å². The van der Waals surface area contributed by atoms with Crippen LogP contribution in [0.25, 0.3) is 0 Å². The van der Waals surface area contributed by atoms with E-state index in [-0.39, 0.29) is 10.8 Å². The SMILES string of the molecule is COc1ccc(C(=O)Nc2cccc(S(C)(=O)=O)c2)cn1. The van der Waals surface area contributed by atoms with Gasteiger partial charge in [0.15, 0.2) is 9.84 Å². The zero-order valence-electron chi connectivity index (χ0n) is 11.5. The second-order valence-corrected chi connectivity index (χ2v) is 6.36. The number of methoxy groups -OCH3 is 1. The number of nitrogens with zero attached hydrogens (tertiary/aromatic N) is 1. The van der Waals surface area contributed by atoms with E-state index in [9.17, 15) is 13.2 Å². The number of benzene rings is 1. The van der Waals surface area contributed by atoms with Crippen molar-refractivity contribution in [2.45, 2.75) is 4.90 Å². The summed E-state index contributed by atoms with van der Waals surface area (Å²) in [5.74, 6) is 0.0291. The van der Waals surface area contributed by atoms with Gasteiger partial charge in [0, 0.05) is 24.2 Å². The maximum absolute atomic E-state index is 12.0. The molecule has 0 atom stereocenters. The fourth-order valence-electron chi connectivity index (χ4n) is 1.64. The lowest BCUT2D eigenvalue weighted by Gasteiger charge is -2.07. The second kappa shape index (κ2) is 5.92. The number of carbonyl (C=O) groups excluding carboxylic acids is 1. The Morgan fingerprint density at radius 2 is 2.00 bits per heavy atom. The van der Waals surface area contributed by atoms with Crippen LogP contribution in [0.1, 0.15) is 10.4 Å². The van der Waals surface area contributed by atoms with Gasteiger partial charge in [0.25, 0.3) is 5.91 Å². The number of hydrogen-bond donors (Lipinski definition) is 1. The predicted molar refractivity (Wildman–Crippen MR) is 78.3 cm³/mol. The van der Waals surface area contributed by atoms with Gasteiger partial charge in [-0.3, -0.25) is 4.79 Å². The molecule has 0 spiro atoms. The van der Waals surface area contributed by atoms with Gasteiger partial charge in [-0.05, 0) is 24.3 Å². The van der Waals surface area contributed by atoms with Crippen molar-refractivity contribution in [3.63, 3.8) is 0 Å². The highest BCUT2D eigenvalue weighted by Crippen LogP contribution is 2.16. The third-order valence-corrected chi connectivity index (χ3v) is 3.84. The van der Waals surface area contributed by atoms with Crippen LogP contribution in [-0.4, -0.2) is 32.7 Å². The van der Waals surface area contributed by atoms with Crippen molar-refractivity contribution in [2.24, 2.45) is 0 Å². The Morgan fingerprint density at radius 1 is 1.24 bits per heavy atom. The topological polar surface area (TPSA) is 85.4 Å². The van der Waals surface area contributed by atoms with Crippen LogP contribution in [-0.2, 0) is 9.84 Å². The van der Waals surface area contributed by atoms with E-state index in [1.165, 1.54) is 25.4 Å². The fourth-order valence-corrected chi connectivity index (χ4v) is 2.31. The van der Waals surface area contributed by atoms with Gasteiger partial charge >= 0.3 is 0 Å². The van der Waals surface area contributed by atoms with E-state index in [1.54, 1.807) is 24.3 Å². The van der Waals surface area contributed by atoms with E-state index in [2.05, 4.69) is 10.3 Å². The summed E-state index contributed by atoms with van der Waals surface area (Å²) in [6.07, 6.45) is 2.50. The molecule has 0 fully saturated rings. The third kappa shape index (κ3) is 3.79. The third-order valence-electron chi connectivity index (χ3n) is 2.73. The van der Waals surface area contributed by atoms with Gasteiger partial charge in [0.05, 0.1) is 17.6 Å². The first-order valence-electron chi connectivity index (χ1n) is 6.01. The molecule has 0 aliphatic rings. The van der Waals surface area contributed by atoms with Gasteiger partial charge in [-0.15, -0.1) is 0 Å². The maximum Gasteiger partial charge on any atom is 0.257 e. The molecule has 0 saturated heterocycles. The van der Waals surface area contributed by atoms with Crippen molar-refractivity contribution in [1.29, 1.82) is 0 Å². The highest BCUT2D eigenvalue weighted by atomic mass is 32.2. The highest BCUT2D eigenvalue weighted by Gasteiger charge is 2.10. The summed E-state index contributed by atoms with van der Waals surface area (Å²) in [5, 5.41) is 2.62. The van der Waals surface area contributed by atoms with Crippen molar-refractivity contribution in [2.75, 3.05) is 18.7 Å². The molecule has 110 valence electrons. The van der Waals surface area contributed by atoms with E-state index in [1.807, 2.05) is 0 Å². The molecule has 0 aliphatic carbocycles. The summed E-state index contributed by atoms with van der Waals surface area (Å²) < 4.78 is 27.9. The van der Waals surface area contributed by atoms with Gasteiger partial charge in [-0.1, -0.05) is 6.07 Å². The number of pyridine rings is 1. The molecule has 0 unspecified atom stereocenters. The largest absolute Gasteiger partial charge is 0.481 e. The Bertz CT molecular complexity index is 755. The van der Waals surface area contributed by atoms with Crippen LogP contribution in [0.2, 0.25) is 0 Å². The number of amides is 1. The number of nitrogens with one attached hydrogen (secondary N) is 1. The molecule has 6 nitrogen and oxygen atoms in total. The number of rotatable bonds is 4. The molecule has 1 amide bonds. The Kier molecular flexibility index (Phi) is 4.23. The molecular weight excluding hydrogens is 292 g/mol. The molecule has 1 aromatic carbocycles. The normalized spacial score (nSPS) is 11.0. The second-order valence-electron chi connectivity index (χ2n) is 4.34. The minimum atomic E-state index is -3.31. The van der Waals surface area contributed by atoms with E-state index < -0.39 is 9.84 Å². The minimum absolute atomic E-state index is 0.146. The van der Waals surface area contributed by atoms with Crippen LogP contribution < -0.4 is 10.1 Å². The average Bonchev–Trinajstić information content (AvgIpc) is 2.47. The molecule has 1 N–H and O–H groups in total. The molecule has 2 aromatic rings. The van der Waals surface area contributed by atoms with Crippen molar-refractivity contribution in [3.05, 3.63) is 48.2 Å². The number of hydrogen-bond acceptors (Lipinski definition) is 5. The maximum atomic E-state index is 12.0. The zero-order chi connectivity index (χ0) is 15.5. The predicted octanol–water partition coefficient (Wildman–Crippen LogP) is 1.75. The first-order chi connectivity index (χ1) is 9.90. The first kappa shape index (κ1) is 15.0. The van der Waals surface area contributed by atoms with Crippen LogP contribution in [0.4, 0.5) is 5.69 Å². The van der Waals surface area contributed by atoms with Crippen molar-refractivity contribution in [3.8, 4) is 5.88 Å². The molecule has 0 aliphatic heterocycles. The summed E-state index contributed by atoms with van der Waals surface area (Å²) in [6, 6.07) is 9.20. The van der Waals surface area contributed by atoms with Crippen molar-refractivity contribution < 1.29 is 17.9 Å². The zero-order valence-corrected chi connectivity index (χ0v) is 12.3. The van der Waals surface area contributed by atoms with Crippen LogP contribution in [0.3, 0.4) is 0 Å². The van der Waals surface area contributed by atoms with E-state index in [4.69, 9.17) is 4.74 Å². The monoisotopic (exact) mass is 306 g/mol. The van der Waals surface area contributed by atoms with E-state index >= 15 is 0 Å². The molecule has 7 heteroatoms. The summed E-state index contributed by atoms with van der Waals surface area (Å²) in [5.41, 5.74) is 0.749. The Balaban J connectivity index is 2.19. The Labute approximate surface area is 122 Å². The number of carbonyl (C=O) groups is 1. The number of ether oxygens (including phenoxy) is 1. The molecule has 0 saturated carbocycles. The van der Waals surface area contributed by atoms with Crippen molar-refractivity contribution >= 4 is 21.4 Å². The molecule has 1 heterocycles. The molecule has 0 radical (unpaired) electrons. The van der Waals surface area contributed by atoms with Gasteiger partial charge in [-0.25, -0.2) is 13.4 Å². The van der Waals surface area contributed by atoms with Crippen LogP contribution >= 0.6 is 0 Å². The van der Waals surface area contributed by atoms with E-state index in [0.717, 1.165) is 6.26 Å². The smallest absolute Gasteiger partial charge is 0.257 e. The lowest BCUT2D eigenvalue weighted by molar-refractivity contribution is 0.102. The minimum Gasteiger partial charge on any atom is -0.481 e. The summed E-state index contributed by atoms with van der Waals surface area (Å²) in [6.45, 7) is 0. The molecule has 0 bridgehead atoms. The standard InChI is InChI=1S/C14H14N2O4S/c1-20-13-7-6-10(9-15-13)14(17)16-11-4-3-5-12(8-11)21(2,18)19/h3-9H,1-2H3,(H,16,17). The summed E-state index contributed by atoms with van der Waals surface area (Å²) in [4.78, 5) is 16.1. The summed E-state index contributed by atoms with van der Waals surface area (Å²) in [7, 11) is -1.83. The first-order valence-corrected chi connectivity index (χ1v) is 7.91. The molecule has 21 heavy (non-hydrogen) atoms. The number of aromatic nitrogens is 1. The molecule has 1 aromatic heterocycles. The average molecular weight is 306 g/mol. The quantitative estimate of drug-likeness (QED) is 0.930.